The van der Waals surface area contributed by atoms with Gasteiger partial charge in [0.05, 0.1) is 18.7 Å². The maximum atomic E-state index is 13.9. The highest BCUT2D eigenvalue weighted by atomic mass is 16.4. The summed E-state index contributed by atoms with van der Waals surface area (Å²) in [5.41, 5.74) is 24.0. The number of aliphatic carboxylic acids is 1. The highest BCUT2D eigenvalue weighted by Gasteiger charge is 2.32. The first kappa shape index (κ1) is 43.2. The number of carbonyl (C=O) groups is 6. The molecule has 0 radical (unpaired) electrons. The summed E-state index contributed by atoms with van der Waals surface area (Å²) in [4.78, 5) is 92.0. The number of unbranched alkanes of at least 4 members (excludes halogenated alkanes) is 3. The van der Waals surface area contributed by atoms with E-state index in [0.29, 0.717) is 76.0 Å². The number of nitrogens with one attached hydrogen (secondary N) is 7. The fourth-order valence-electron chi connectivity index (χ4n) is 5.20. The lowest BCUT2D eigenvalue weighted by Gasteiger charge is -2.27. The molecule has 0 aliphatic carbocycles. The van der Waals surface area contributed by atoms with E-state index in [4.69, 9.17) is 28.0 Å². The number of aromatic amines is 2. The maximum Gasteiger partial charge on any atom is 0.322 e. The molecular weight excluding hydrogens is 678 g/mol. The van der Waals surface area contributed by atoms with Crippen molar-refractivity contribution in [2.24, 2.45) is 22.9 Å². The Bertz CT molecular complexity index is 1370. The van der Waals surface area contributed by atoms with Crippen LogP contribution in [0.1, 0.15) is 69.2 Å². The molecule has 0 fully saturated rings. The largest absolute Gasteiger partial charge is 0.480 e. The average molecular weight is 734 g/mol. The van der Waals surface area contributed by atoms with Gasteiger partial charge in [-0.25, -0.2) is 9.97 Å². The number of hydrogen-bond donors (Lipinski definition) is 12. The molecule has 2 heterocycles. The third kappa shape index (κ3) is 16.4. The van der Waals surface area contributed by atoms with Crippen LogP contribution in [0.4, 0.5) is 0 Å². The van der Waals surface area contributed by atoms with Gasteiger partial charge < -0.3 is 64.6 Å². The SMILES string of the molecule is NCCCC[C@H](NC(=O)[C@H](Cc1cnc[nH]1)NC(=O)[C@H](CCCCN)NC(=O)[C@H](Cc1cnc[nH]1)NC(=O)[C@@H](N)CCCCN)C(=O)NCC(=O)O. The standard InChI is InChI=1S/C32H55N13O7/c33-10-4-1-7-22(36)28(48)44-25(13-20-15-37-18-40-20)31(51)43-24(9-3-6-12-35)30(50)45-26(14-21-16-38-19-41-21)32(52)42-23(8-2-5-11-34)29(49)39-17-27(46)47/h15-16,18-19,22-26H,1-14,17,33-36H2,(H,37,40)(H,38,41)(H,39,49)(H,42,52)(H,43,51)(H,44,48)(H,45,50)(H,46,47)/t22-,23-,24-,25-,26-/m0/s1. The average Bonchev–Trinajstić information content (AvgIpc) is 3.84. The summed E-state index contributed by atoms with van der Waals surface area (Å²) in [6.07, 6.45) is 9.74. The molecule has 16 N–H and O–H groups in total. The molecule has 2 rings (SSSR count). The summed E-state index contributed by atoms with van der Waals surface area (Å²) in [5, 5.41) is 22.0. The van der Waals surface area contributed by atoms with Crippen molar-refractivity contribution in [1.82, 2.24) is 46.5 Å². The number of hydrogen-bond acceptors (Lipinski definition) is 12. The quantitative estimate of drug-likeness (QED) is 0.0403. The minimum atomic E-state index is -1.26. The number of carboxylic acids is 1. The number of rotatable bonds is 27. The van der Waals surface area contributed by atoms with E-state index < -0.39 is 72.3 Å². The normalized spacial score (nSPS) is 13.9. The van der Waals surface area contributed by atoms with Crippen LogP contribution >= 0.6 is 0 Å². The number of carbonyl (C=O) groups excluding carboxylic acids is 5. The molecule has 5 amide bonds. The van der Waals surface area contributed by atoms with Gasteiger partial charge in [-0.3, -0.25) is 28.8 Å². The van der Waals surface area contributed by atoms with Crippen LogP contribution in [0.2, 0.25) is 0 Å². The lowest BCUT2D eigenvalue weighted by Crippen LogP contribution is -2.59. The molecule has 0 aliphatic rings. The number of imidazole rings is 2. The van der Waals surface area contributed by atoms with Crippen LogP contribution in [-0.4, -0.2) is 117 Å². The smallest absolute Gasteiger partial charge is 0.322 e. The highest BCUT2D eigenvalue weighted by Crippen LogP contribution is 2.09. The van der Waals surface area contributed by atoms with Crippen molar-refractivity contribution in [3.8, 4) is 0 Å². The number of carboxylic acid groups (broad SMARTS) is 1. The molecule has 2 aromatic rings. The number of H-pyrrole nitrogens is 2. The van der Waals surface area contributed by atoms with Crippen LogP contribution in [0.3, 0.4) is 0 Å². The van der Waals surface area contributed by atoms with E-state index in [1.54, 1.807) is 0 Å². The second-order valence-corrected chi connectivity index (χ2v) is 12.4. The maximum absolute atomic E-state index is 13.9. The zero-order valence-corrected chi connectivity index (χ0v) is 29.4. The third-order valence-corrected chi connectivity index (χ3v) is 8.10. The van der Waals surface area contributed by atoms with E-state index in [9.17, 15) is 28.8 Å². The van der Waals surface area contributed by atoms with Gasteiger partial charge in [-0.15, -0.1) is 0 Å². The Hall–Kier alpha value is -4.92. The van der Waals surface area contributed by atoms with E-state index in [0.717, 1.165) is 0 Å². The van der Waals surface area contributed by atoms with E-state index in [2.05, 4.69) is 46.5 Å². The van der Waals surface area contributed by atoms with Crippen LogP contribution in [-0.2, 0) is 41.6 Å². The predicted octanol–water partition coefficient (Wildman–Crippen LogP) is -3.23. The monoisotopic (exact) mass is 733 g/mol. The van der Waals surface area contributed by atoms with Crippen molar-refractivity contribution in [2.45, 2.75) is 101 Å². The Labute approximate surface area is 302 Å². The molecule has 0 saturated heterocycles. The van der Waals surface area contributed by atoms with E-state index >= 15 is 0 Å². The van der Waals surface area contributed by atoms with Crippen molar-refractivity contribution in [1.29, 1.82) is 0 Å². The Morgan fingerprint density at radius 1 is 0.596 bits per heavy atom. The van der Waals surface area contributed by atoms with Crippen LogP contribution in [0.15, 0.2) is 25.0 Å². The molecule has 290 valence electrons. The molecule has 0 spiro atoms. The van der Waals surface area contributed by atoms with Crippen molar-refractivity contribution < 1.29 is 33.9 Å². The predicted molar refractivity (Wildman–Crippen MR) is 190 cm³/mol. The lowest BCUT2D eigenvalue weighted by molar-refractivity contribution is -0.138. The Morgan fingerprint density at radius 2 is 1.00 bits per heavy atom. The lowest BCUT2D eigenvalue weighted by atomic mass is 10.0. The van der Waals surface area contributed by atoms with Crippen molar-refractivity contribution in [2.75, 3.05) is 26.2 Å². The summed E-state index contributed by atoms with van der Waals surface area (Å²) < 4.78 is 0. The zero-order valence-electron chi connectivity index (χ0n) is 29.4. The first-order valence-electron chi connectivity index (χ1n) is 17.5. The van der Waals surface area contributed by atoms with Gasteiger partial charge in [-0.1, -0.05) is 6.42 Å². The number of aromatic nitrogens is 4. The Kier molecular flexibility index (Phi) is 20.2. The number of nitrogens with zero attached hydrogens (tertiary/aromatic N) is 2. The molecule has 0 aliphatic heterocycles. The summed E-state index contributed by atoms with van der Waals surface area (Å²) in [6.45, 7) is 0.488. The van der Waals surface area contributed by atoms with Gasteiger partial charge in [0, 0.05) is 36.6 Å². The van der Waals surface area contributed by atoms with Crippen molar-refractivity contribution >= 4 is 35.5 Å². The minimum absolute atomic E-state index is 0.0184. The van der Waals surface area contributed by atoms with Gasteiger partial charge in [0.1, 0.15) is 30.7 Å². The molecular formula is C32H55N13O7. The first-order valence-corrected chi connectivity index (χ1v) is 17.5. The summed E-state index contributed by atoms with van der Waals surface area (Å²) >= 11 is 0. The van der Waals surface area contributed by atoms with Gasteiger partial charge in [-0.2, -0.15) is 0 Å². The van der Waals surface area contributed by atoms with Crippen molar-refractivity contribution in [3.05, 3.63) is 36.4 Å². The minimum Gasteiger partial charge on any atom is -0.480 e. The van der Waals surface area contributed by atoms with E-state index in [1.807, 2.05) is 0 Å². The molecule has 0 unspecified atom stereocenters. The molecule has 5 atom stereocenters. The topological polar surface area (TPSA) is 344 Å². The molecule has 0 bridgehead atoms. The van der Waals surface area contributed by atoms with Gasteiger partial charge in [0.15, 0.2) is 0 Å². The van der Waals surface area contributed by atoms with Gasteiger partial charge >= 0.3 is 5.97 Å². The molecule has 52 heavy (non-hydrogen) atoms. The fourth-order valence-corrected chi connectivity index (χ4v) is 5.20. The Balaban J connectivity index is 2.30. The van der Waals surface area contributed by atoms with Crippen LogP contribution < -0.4 is 49.5 Å². The van der Waals surface area contributed by atoms with E-state index in [-0.39, 0.29) is 25.7 Å². The highest BCUT2D eigenvalue weighted by molar-refractivity contribution is 5.96. The van der Waals surface area contributed by atoms with Crippen molar-refractivity contribution in [3.63, 3.8) is 0 Å². The van der Waals surface area contributed by atoms with Gasteiger partial charge in [0.25, 0.3) is 0 Å². The second-order valence-electron chi connectivity index (χ2n) is 12.4. The van der Waals surface area contributed by atoms with Crippen LogP contribution in [0.5, 0.6) is 0 Å². The molecule has 20 nitrogen and oxygen atoms in total. The third-order valence-electron chi connectivity index (χ3n) is 8.10. The molecule has 20 heteroatoms. The number of nitrogens with two attached hydrogens (primary N) is 4. The van der Waals surface area contributed by atoms with E-state index in [1.165, 1.54) is 25.0 Å². The Morgan fingerprint density at radius 3 is 1.42 bits per heavy atom. The molecule has 0 saturated carbocycles. The van der Waals surface area contributed by atoms with Gasteiger partial charge in [-0.05, 0) is 71.0 Å². The van der Waals surface area contributed by atoms with Crippen LogP contribution in [0, 0.1) is 0 Å². The first-order chi connectivity index (χ1) is 25.0. The molecule has 2 aromatic heterocycles. The zero-order chi connectivity index (χ0) is 38.3. The summed E-state index contributed by atoms with van der Waals surface area (Å²) in [7, 11) is 0. The summed E-state index contributed by atoms with van der Waals surface area (Å²) in [6, 6.07) is -5.55. The van der Waals surface area contributed by atoms with Crippen LogP contribution in [0.25, 0.3) is 0 Å². The number of amides is 5. The summed E-state index contributed by atoms with van der Waals surface area (Å²) in [5.74, 6) is -4.63. The fraction of sp³-hybridized carbons (Fsp3) is 0.625. The second kappa shape index (κ2) is 24.3. The van der Waals surface area contributed by atoms with Gasteiger partial charge in [0.2, 0.25) is 29.5 Å². The molecule has 0 aromatic carbocycles.